The van der Waals surface area contributed by atoms with Gasteiger partial charge in [0.1, 0.15) is 0 Å². The molecule has 0 bridgehead atoms. The van der Waals surface area contributed by atoms with Gasteiger partial charge in [0.05, 0.1) is 11.5 Å². The average molecular weight is 251 g/mol. The minimum atomic E-state index is -2.79. The quantitative estimate of drug-likeness (QED) is 0.851. The highest BCUT2D eigenvalue weighted by molar-refractivity contribution is 7.91. The Morgan fingerprint density at radius 1 is 1.18 bits per heavy atom. The van der Waals surface area contributed by atoms with E-state index in [0.717, 1.165) is 19.5 Å². The summed E-state index contributed by atoms with van der Waals surface area (Å²) >= 11 is 0. The lowest BCUT2D eigenvalue weighted by atomic mass is 9.66. The summed E-state index contributed by atoms with van der Waals surface area (Å²) in [5.41, 5.74) is 1.35. The van der Waals surface area contributed by atoms with Gasteiger partial charge >= 0.3 is 0 Å². The van der Waals surface area contributed by atoms with E-state index in [9.17, 15) is 8.42 Å². The summed E-state index contributed by atoms with van der Waals surface area (Å²) in [5.74, 6) is 1.02. The molecule has 2 saturated heterocycles. The first-order valence-corrected chi connectivity index (χ1v) is 7.91. The fourth-order valence-corrected chi connectivity index (χ4v) is 5.03. The first kappa shape index (κ1) is 11.2. The van der Waals surface area contributed by atoms with Crippen LogP contribution < -0.4 is 5.32 Å². The molecule has 1 aromatic carbocycles. The molecule has 2 aliphatic rings. The lowest BCUT2D eigenvalue weighted by Crippen LogP contribution is -2.61. The largest absolute Gasteiger partial charge is 0.315 e. The second kappa shape index (κ2) is 3.82. The van der Waals surface area contributed by atoms with E-state index < -0.39 is 9.84 Å². The van der Waals surface area contributed by atoms with Gasteiger partial charge in [0, 0.05) is 18.5 Å². The molecule has 4 heteroatoms. The molecule has 0 radical (unpaired) electrons. The molecule has 1 aromatic rings. The zero-order valence-corrected chi connectivity index (χ0v) is 10.5. The third-order valence-corrected chi connectivity index (χ3v) is 6.01. The molecule has 1 unspecified atom stereocenters. The molecular weight excluding hydrogens is 234 g/mol. The summed E-state index contributed by atoms with van der Waals surface area (Å²) in [6.45, 7) is 1.83. The Hall–Kier alpha value is -0.870. The van der Waals surface area contributed by atoms with Gasteiger partial charge in [-0.05, 0) is 17.9 Å². The van der Waals surface area contributed by atoms with Crippen molar-refractivity contribution in [3.63, 3.8) is 0 Å². The van der Waals surface area contributed by atoms with Crippen LogP contribution in [0, 0.1) is 5.92 Å². The second-order valence-corrected chi connectivity index (χ2v) is 7.45. The third kappa shape index (κ3) is 1.79. The van der Waals surface area contributed by atoms with E-state index in [1.165, 1.54) is 5.56 Å². The second-order valence-electron chi connectivity index (χ2n) is 5.23. The number of hydrogen-bond donors (Lipinski definition) is 1. The van der Waals surface area contributed by atoms with Crippen molar-refractivity contribution in [2.75, 3.05) is 24.6 Å². The molecule has 2 fully saturated rings. The smallest absolute Gasteiger partial charge is 0.150 e. The van der Waals surface area contributed by atoms with Gasteiger partial charge in [0.15, 0.2) is 9.84 Å². The van der Waals surface area contributed by atoms with Crippen molar-refractivity contribution < 1.29 is 8.42 Å². The first-order chi connectivity index (χ1) is 8.12. The fraction of sp³-hybridized carbons (Fsp3) is 0.538. The van der Waals surface area contributed by atoms with E-state index in [-0.39, 0.29) is 11.3 Å². The van der Waals surface area contributed by atoms with Crippen LogP contribution in [-0.4, -0.2) is 33.0 Å². The maximum absolute atomic E-state index is 11.6. The Balaban J connectivity index is 1.94. The Morgan fingerprint density at radius 3 is 2.35 bits per heavy atom. The maximum atomic E-state index is 11.6. The van der Waals surface area contributed by atoms with Crippen molar-refractivity contribution in [2.24, 2.45) is 5.92 Å². The highest BCUT2D eigenvalue weighted by Crippen LogP contribution is 2.41. The van der Waals surface area contributed by atoms with Crippen molar-refractivity contribution >= 4 is 9.84 Å². The standard InChI is InChI=1S/C13H17NO2S/c15-17(16)7-6-12(8-17)13(9-14-10-13)11-4-2-1-3-5-11/h1-5,12,14H,6-10H2. The van der Waals surface area contributed by atoms with E-state index in [1.54, 1.807) is 0 Å². The molecule has 0 amide bonds. The summed E-state index contributed by atoms with van der Waals surface area (Å²) in [5, 5.41) is 3.31. The normalized spacial score (nSPS) is 29.8. The number of rotatable bonds is 2. The molecule has 0 aromatic heterocycles. The molecule has 92 valence electrons. The molecule has 3 rings (SSSR count). The molecule has 2 aliphatic heterocycles. The van der Waals surface area contributed by atoms with Crippen LogP contribution in [0.3, 0.4) is 0 Å². The predicted octanol–water partition coefficient (Wildman–Crippen LogP) is 0.962. The van der Waals surface area contributed by atoms with Crippen LogP contribution in [0.5, 0.6) is 0 Å². The lowest BCUT2D eigenvalue weighted by molar-refractivity contribution is 0.190. The van der Waals surface area contributed by atoms with Gasteiger partial charge < -0.3 is 5.32 Å². The van der Waals surface area contributed by atoms with Gasteiger partial charge in [-0.3, -0.25) is 0 Å². The zero-order chi connectivity index (χ0) is 11.9. The summed E-state index contributed by atoms with van der Waals surface area (Å²) in [6, 6.07) is 10.4. The van der Waals surface area contributed by atoms with Gasteiger partial charge in [-0.1, -0.05) is 30.3 Å². The highest BCUT2D eigenvalue weighted by Gasteiger charge is 2.49. The molecule has 0 saturated carbocycles. The molecular formula is C13H17NO2S. The molecule has 1 atom stereocenters. The fourth-order valence-electron chi connectivity index (χ4n) is 3.12. The van der Waals surface area contributed by atoms with Crippen molar-refractivity contribution in [1.29, 1.82) is 0 Å². The van der Waals surface area contributed by atoms with E-state index >= 15 is 0 Å². The Bertz CT molecular complexity index is 505. The van der Waals surface area contributed by atoms with Crippen LogP contribution in [-0.2, 0) is 15.3 Å². The average Bonchev–Trinajstić information content (AvgIpc) is 2.59. The highest BCUT2D eigenvalue weighted by atomic mass is 32.2. The zero-order valence-electron chi connectivity index (χ0n) is 9.72. The van der Waals surface area contributed by atoms with Crippen LogP contribution in [0.1, 0.15) is 12.0 Å². The molecule has 1 N–H and O–H groups in total. The van der Waals surface area contributed by atoms with E-state index in [0.29, 0.717) is 11.5 Å². The number of sulfone groups is 1. The molecule has 0 aliphatic carbocycles. The van der Waals surface area contributed by atoms with Crippen LogP contribution in [0.15, 0.2) is 30.3 Å². The predicted molar refractivity (Wildman–Crippen MR) is 67.8 cm³/mol. The Labute approximate surface area is 102 Å². The van der Waals surface area contributed by atoms with Gasteiger partial charge in [0.2, 0.25) is 0 Å². The Morgan fingerprint density at radius 2 is 1.88 bits per heavy atom. The van der Waals surface area contributed by atoms with E-state index in [2.05, 4.69) is 17.4 Å². The third-order valence-electron chi connectivity index (χ3n) is 4.24. The minimum Gasteiger partial charge on any atom is -0.315 e. The van der Waals surface area contributed by atoms with Crippen molar-refractivity contribution in [1.82, 2.24) is 5.32 Å². The van der Waals surface area contributed by atoms with Gasteiger partial charge in [-0.15, -0.1) is 0 Å². The lowest BCUT2D eigenvalue weighted by Gasteiger charge is -2.47. The van der Waals surface area contributed by atoms with Crippen molar-refractivity contribution in [3.8, 4) is 0 Å². The molecule has 3 nitrogen and oxygen atoms in total. The Kier molecular flexibility index (Phi) is 2.52. The van der Waals surface area contributed by atoms with E-state index in [1.807, 2.05) is 18.2 Å². The molecule has 0 spiro atoms. The minimum absolute atomic E-state index is 0.0603. The molecule has 17 heavy (non-hydrogen) atoms. The van der Waals surface area contributed by atoms with Gasteiger partial charge in [-0.25, -0.2) is 8.42 Å². The van der Waals surface area contributed by atoms with Crippen LogP contribution in [0.25, 0.3) is 0 Å². The summed E-state index contributed by atoms with van der Waals surface area (Å²) in [7, 11) is -2.79. The van der Waals surface area contributed by atoms with Crippen molar-refractivity contribution in [2.45, 2.75) is 11.8 Å². The summed E-state index contributed by atoms with van der Waals surface area (Å²) in [4.78, 5) is 0. The number of benzene rings is 1. The molecule has 2 heterocycles. The van der Waals surface area contributed by atoms with Crippen LogP contribution >= 0.6 is 0 Å². The summed E-state index contributed by atoms with van der Waals surface area (Å²) in [6.07, 6.45) is 0.818. The van der Waals surface area contributed by atoms with Gasteiger partial charge in [-0.2, -0.15) is 0 Å². The SMILES string of the molecule is O=S1(=O)CCC(C2(c3ccccc3)CNC2)C1. The number of hydrogen-bond acceptors (Lipinski definition) is 3. The monoisotopic (exact) mass is 251 g/mol. The topological polar surface area (TPSA) is 46.2 Å². The van der Waals surface area contributed by atoms with Crippen LogP contribution in [0.2, 0.25) is 0 Å². The number of nitrogens with one attached hydrogen (secondary N) is 1. The van der Waals surface area contributed by atoms with Crippen molar-refractivity contribution in [3.05, 3.63) is 35.9 Å². The van der Waals surface area contributed by atoms with E-state index in [4.69, 9.17) is 0 Å². The van der Waals surface area contributed by atoms with Crippen LogP contribution in [0.4, 0.5) is 0 Å². The summed E-state index contributed by atoms with van der Waals surface area (Å²) < 4.78 is 23.3. The first-order valence-electron chi connectivity index (χ1n) is 6.09. The maximum Gasteiger partial charge on any atom is 0.150 e. The van der Waals surface area contributed by atoms with Gasteiger partial charge in [0.25, 0.3) is 0 Å².